The molecule has 5 heteroatoms. The van der Waals surface area contributed by atoms with Crippen molar-refractivity contribution in [1.82, 2.24) is 5.43 Å². The summed E-state index contributed by atoms with van der Waals surface area (Å²) in [5, 5.41) is 3.43. The van der Waals surface area contributed by atoms with Gasteiger partial charge in [-0.25, -0.2) is 0 Å². The molecule has 0 bridgehead atoms. The maximum atomic E-state index is 6.10. The van der Waals surface area contributed by atoms with Crippen LogP contribution in [0.5, 0.6) is 0 Å². The van der Waals surface area contributed by atoms with Gasteiger partial charge in [0.1, 0.15) is 0 Å². The Labute approximate surface area is 97.2 Å². The number of hydrogen-bond acceptors (Lipinski definition) is 4. The van der Waals surface area contributed by atoms with E-state index < -0.39 is 0 Å². The summed E-state index contributed by atoms with van der Waals surface area (Å²) in [5.74, 6) is 6.84. The first-order chi connectivity index (χ1) is 6.83. The molecule has 3 N–H and O–H groups in total. The van der Waals surface area contributed by atoms with Crippen LogP contribution in [-0.4, -0.2) is 11.0 Å². The lowest BCUT2D eigenvalue weighted by atomic mass is 10.1. The zero-order valence-corrected chi connectivity index (χ0v) is 10.1. The average Bonchev–Trinajstić information content (AvgIpc) is 2.80. The zero-order valence-electron chi connectivity index (χ0n) is 7.70. The fourth-order valence-electron chi connectivity index (χ4n) is 1.74. The minimum absolute atomic E-state index is 0.218. The highest BCUT2D eigenvalue weighted by atomic mass is 35.5. The van der Waals surface area contributed by atoms with Crippen LogP contribution in [0.3, 0.4) is 0 Å². The van der Waals surface area contributed by atoms with Crippen LogP contribution in [0.1, 0.15) is 23.8 Å². The van der Waals surface area contributed by atoms with Crippen molar-refractivity contribution in [2.24, 2.45) is 5.84 Å². The maximum absolute atomic E-state index is 6.10. The largest absolute Gasteiger partial charge is 0.271 e. The number of nitrogens with one attached hydrogen (secondary N) is 1. The second-order valence-corrected chi connectivity index (χ2v) is 6.03. The van der Waals surface area contributed by atoms with Gasteiger partial charge in [-0.1, -0.05) is 11.6 Å². The van der Waals surface area contributed by atoms with E-state index in [1.165, 1.54) is 23.5 Å². The lowest BCUT2D eigenvalue weighted by molar-refractivity contribution is 0.528. The lowest BCUT2D eigenvalue weighted by Gasteiger charge is -2.21. The Hall–Kier alpha value is 0.260. The molecule has 78 valence electrons. The van der Waals surface area contributed by atoms with Gasteiger partial charge in [-0.3, -0.25) is 11.3 Å². The molecule has 2 atom stereocenters. The van der Waals surface area contributed by atoms with Crippen molar-refractivity contribution in [2.45, 2.75) is 24.1 Å². The average molecular weight is 249 g/mol. The summed E-state index contributed by atoms with van der Waals surface area (Å²) in [6.07, 6.45) is 2.52. The van der Waals surface area contributed by atoms with E-state index in [2.05, 4.69) is 5.43 Å². The molecule has 1 saturated heterocycles. The van der Waals surface area contributed by atoms with Gasteiger partial charge >= 0.3 is 0 Å². The highest BCUT2D eigenvalue weighted by Gasteiger charge is 2.28. The predicted octanol–water partition coefficient (Wildman–Crippen LogP) is 2.80. The van der Waals surface area contributed by atoms with Crippen molar-refractivity contribution in [2.75, 3.05) is 5.75 Å². The quantitative estimate of drug-likeness (QED) is 0.638. The molecular weight excluding hydrogens is 236 g/mol. The van der Waals surface area contributed by atoms with E-state index in [-0.39, 0.29) is 6.04 Å². The Morgan fingerprint density at radius 2 is 2.50 bits per heavy atom. The highest BCUT2D eigenvalue weighted by Crippen LogP contribution is 2.39. The van der Waals surface area contributed by atoms with Gasteiger partial charge in [-0.15, -0.1) is 11.3 Å². The molecule has 1 aromatic heterocycles. The standard InChI is InChI=1S/C9H13ClN2S2/c10-6-3-5-14-9(6)8(12-11)7-2-1-4-13-7/h3,5,7-8,12H,1-2,4,11H2. The van der Waals surface area contributed by atoms with Gasteiger partial charge in [-0.2, -0.15) is 11.8 Å². The van der Waals surface area contributed by atoms with E-state index in [1.807, 2.05) is 23.2 Å². The van der Waals surface area contributed by atoms with Gasteiger partial charge < -0.3 is 0 Å². The summed E-state index contributed by atoms with van der Waals surface area (Å²) in [7, 11) is 0. The van der Waals surface area contributed by atoms with E-state index >= 15 is 0 Å². The second kappa shape index (κ2) is 4.86. The molecule has 2 heterocycles. The normalized spacial score (nSPS) is 24.0. The van der Waals surface area contributed by atoms with Gasteiger partial charge in [0.2, 0.25) is 0 Å². The number of rotatable bonds is 3. The first kappa shape index (κ1) is 10.8. The van der Waals surface area contributed by atoms with E-state index in [0.717, 1.165) is 5.02 Å². The molecule has 14 heavy (non-hydrogen) atoms. The number of nitrogens with two attached hydrogens (primary N) is 1. The first-order valence-corrected chi connectivity index (χ1v) is 6.94. The lowest BCUT2D eigenvalue weighted by Crippen LogP contribution is -2.33. The van der Waals surface area contributed by atoms with E-state index in [9.17, 15) is 0 Å². The van der Waals surface area contributed by atoms with E-state index in [4.69, 9.17) is 17.4 Å². The summed E-state index contributed by atoms with van der Waals surface area (Å²) in [4.78, 5) is 1.17. The zero-order chi connectivity index (χ0) is 9.97. The molecule has 0 radical (unpaired) electrons. The highest BCUT2D eigenvalue weighted by molar-refractivity contribution is 8.00. The summed E-state index contributed by atoms with van der Waals surface area (Å²) in [6.45, 7) is 0. The topological polar surface area (TPSA) is 38.0 Å². The number of hydrogen-bond donors (Lipinski definition) is 2. The number of thiophene rings is 1. The molecule has 0 aromatic carbocycles. The Bertz CT molecular complexity index is 297. The van der Waals surface area contributed by atoms with Crippen LogP contribution in [0.2, 0.25) is 5.02 Å². The molecule has 1 aromatic rings. The first-order valence-electron chi connectivity index (χ1n) is 4.63. The molecule has 2 unspecified atom stereocenters. The number of halogens is 1. The molecule has 0 amide bonds. The van der Waals surface area contributed by atoms with Crippen LogP contribution in [0.4, 0.5) is 0 Å². The third-order valence-electron chi connectivity index (χ3n) is 2.44. The van der Waals surface area contributed by atoms with Gasteiger partial charge in [0.05, 0.1) is 11.1 Å². The number of thioether (sulfide) groups is 1. The van der Waals surface area contributed by atoms with Crippen LogP contribution >= 0.6 is 34.7 Å². The minimum Gasteiger partial charge on any atom is -0.271 e. The second-order valence-electron chi connectivity index (χ2n) is 3.33. The SMILES string of the molecule is NNC(c1sccc1Cl)C1CCCS1. The Kier molecular flexibility index (Phi) is 3.73. The Morgan fingerprint density at radius 1 is 1.64 bits per heavy atom. The van der Waals surface area contributed by atoms with Gasteiger partial charge in [0.15, 0.2) is 0 Å². The molecule has 0 aliphatic carbocycles. The Morgan fingerprint density at radius 3 is 3.00 bits per heavy atom. The maximum Gasteiger partial charge on any atom is 0.0686 e. The third-order valence-corrected chi connectivity index (χ3v) is 5.35. The molecule has 0 spiro atoms. The van der Waals surface area contributed by atoms with Crippen LogP contribution in [0.25, 0.3) is 0 Å². The van der Waals surface area contributed by atoms with Crippen molar-refractivity contribution in [3.63, 3.8) is 0 Å². The summed E-state index contributed by atoms with van der Waals surface area (Å²) < 4.78 is 0. The minimum atomic E-state index is 0.218. The van der Waals surface area contributed by atoms with Crippen LogP contribution in [-0.2, 0) is 0 Å². The molecule has 2 rings (SSSR count). The summed E-state index contributed by atoms with van der Waals surface area (Å²) in [6, 6.07) is 2.15. The molecule has 1 aliphatic rings. The van der Waals surface area contributed by atoms with E-state index in [1.54, 1.807) is 11.3 Å². The van der Waals surface area contributed by atoms with Gasteiger partial charge in [0, 0.05) is 10.1 Å². The van der Waals surface area contributed by atoms with Crippen molar-refractivity contribution in [3.05, 3.63) is 21.3 Å². The summed E-state index contributed by atoms with van der Waals surface area (Å²) >= 11 is 9.77. The predicted molar refractivity (Wildman–Crippen MR) is 64.9 cm³/mol. The summed E-state index contributed by atoms with van der Waals surface area (Å²) in [5.41, 5.74) is 2.89. The smallest absolute Gasteiger partial charge is 0.0686 e. The van der Waals surface area contributed by atoms with Gasteiger partial charge in [0.25, 0.3) is 0 Å². The van der Waals surface area contributed by atoms with Crippen LogP contribution in [0, 0.1) is 0 Å². The van der Waals surface area contributed by atoms with Gasteiger partial charge in [-0.05, 0) is 30.0 Å². The fraction of sp³-hybridized carbons (Fsp3) is 0.556. The van der Waals surface area contributed by atoms with Crippen molar-refractivity contribution in [3.8, 4) is 0 Å². The van der Waals surface area contributed by atoms with E-state index in [0.29, 0.717) is 5.25 Å². The van der Waals surface area contributed by atoms with Crippen molar-refractivity contribution in [1.29, 1.82) is 0 Å². The Balaban J connectivity index is 2.16. The molecule has 1 aliphatic heterocycles. The van der Waals surface area contributed by atoms with Crippen LogP contribution < -0.4 is 11.3 Å². The number of hydrazine groups is 1. The van der Waals surface area contributed by atoms with Crippen LogP contribution in [0.15, 0.2) is 11.4 Å². The molecule has 0 saturated carbocycles. The molecular formula is C9H13ClN2S2. The third kappa shape index (κ3) is 2.09. The molecule has 1 fully saturated rings. The van der Waals surface area contributed by atoms with Crippen molar-refractivity contribution < 1.29 is 0 Å². The fourth-order valence-corrected chi connectivity index (χ4v) is 4.51. The van der Waals surface area contributed by atoms with Crippen molar-refractivity contribution >= 4 is 34.7 Å². The molecule has 2 nitrogen and oxygen atoms in total. The monoisotopic (exact) mass is 248 g/mol.